The molecule has 0 bridgehead atoms. The van der Waals surface area contributed by atoms with Crippen molar-refractivity contribution in [3.63, 3.8) is 0 Å². The maximum atomic E-state index is 3.91. The van der Waals surface area contributed by atoms with Gasteiger partial charge in [-0.25, -0.2) is 0 Å². The van der Waals surface area contributed by atoms with Gasteiger partial charge in [-0.05, 0) is 71.2 Å². The van der Waals surface area contributed by atoms with E-state index in [2.05, 4.69) is 83.4 Å². The van der Waals surface area contributed by atoms with Gasteiger partial charge in [-0.3, -0.25) is 0 Å². The molecule has 2 aliphatic rings. The first-order valence-electron chi connectivity index (χ1n) is 13.4. The Morgan fingerprint density at radius 1 is 0.500 bits per heavy atom. The lowest BCUT2D eigenvalue weighted by Crippen LogP contribution is -2.13. The zero-order chi connectivity index (χ0) is 22.7. The summed E-state index contributed by atoms with van der Waals surface area (Å²) in [5, 5.41) is 13.1. The van der Waals surface area contributed by atoms with E-state index in [0.29, 0.717) is 0 Å². The van der Waals surface area contributed by atoms with Crippen LogP contribution in [0.1, 0.15) is 51.4 Å². The summed E-state index contributed by atoms with van der Waals surface area (Å²) in [5.41, 5.74) is 5.24. The summed E-state index contributed by atoms with van der Waals surface area (Å²) in [6.07, 6.45) is 11.0. The first-order valence-corrected chi connectivity index (χ1v) is 13.4. The SMILES string of the molecule is c1ccc2c(-c3c(NCC4CCCC4)ccc4ccccc34)c(NCC3CCCC3)ccc2c1. The summed E-state index contributed by atoms with van der Waals surface area (Å²) in [4.78, 5) is 0. The third-order valence-electron chi connectivity index (χ3n) is 8.22. The molecule has 2 saturated carbocycles. The molecule has 2 heteroatoms. The van der Waals surface area contributed by atoms with Crippen LogP contribution >= 0.6 is 0 Å². The average Bonchev–Trinajstić information content (AvgIpc) is 3.60. The van der Waals surface area contributed by atoms with Gasteiger partial charge in [0.05, 0.1) is 0 Å². The Bertz CT molecular complexity index is 1180. The second-order valence-corrected chi connectivity index (χ2v) is 10.5. The smallest absolute Gasteiger partial charge is 0.0427 e. The fourth-order valence-electron chi connectivity index (χ4n) is 6.31. The summed E-state index contributed by atoms with van der Waals surface area (Å²) < 4.78 is 0. The molecule has 0 saturated heterocycles. The molecule has 174 valence electrons. The van der Waals surface area contributed by atoms with Crippen LogP contribution < -0.4 is 10.6 Å². The first kappa shape index (κ1) is 21.5. The predicted octanol–water partition coefficient (Wildman–Crippen LogP) is 8.86. The van der Waals surface area contributed by atoms with Crippen molar-refractivity contribution in [1.29, 1.82) is 0 Å². The molecule has 4 aromatic rings. The Morgan fingerprint density at radius 2 is 0.912 bits per heavy atom. The van der Waals surface area contributed by atoms with Gasteiger partial charge in [0.15, 0.2) is 0 Å². The van der Waals surface area contributed by atoms with Crippen molar-refractivity contribution in [2.24, 2.45) is 11.8 Å². The van der Waals surface area contributed by atoms with Gasteiger partial charge < -0.3 is 10.6 Å². The molecular formula is C32H36N2. The molecule has 2 nitrogen and oxygen atoms in total. The van der Waals surface area contributed by atoms with Crippen molar-refractivity contribution in [2.45, 2.75) is 51.4 Å². The Labute approximate surface area is 203 Å². The quantitative estimate of drug-likeness (QED) is 0.295. The molecule has 0 unspecified atom stereocenters. The Morgan fingerprint density at radius 3 is 1.35 bits per heavy atom. The van der Waals surface area contributed by atoms with E-state index in [1.54, 1.807) is 0 Å². The van der Waals surface area contributed by atoms with Crippen LogP contribution in [0.3, 0.4) is 0 Å². The van der Waals surface area contributed by atoms with E-state index in [1.807, 2.05) is 0 Å². The zero-order valence-corrected chi connectivity index (χ0v) is 20.2. The fourth-order valence-corrected chi connectivity index (χ4v) is 6.31. The molecule has 0 heterocycles. The van der Waals surface area contributed by atoms with E-state index in [9.17, 15) is 0 Å². The molecule has 4 aromatic carbocycles. The maximum absolute atomic E-state index is 3.91. The second-order valence-electron chi connectivity index (χ2n) is 10.5. The number of fused-ring (bicyclic) bond motifs is 2. The number of hydrogen-bond acceptors (Lipinski definition) is 2. The van der Waals surface area contributed by atoms with Gasteiger partial charge >= 0.3 is 0 Å². The van der Waals surface area contributed by atoms with Crippen LogP contribution in [0.25, 0.3) is 32.7 Å². The van der Waals surface area contributed by atoms with Gasteiger partial charge in [-0.2, -0.15) is 0 Å². The third-order valence-corrected chi connectivity index (χ3v) is 8.22. The van der Waals surface area contributed by atoms with Crippen LogP contribution in [0.15, 0.2) is 72.8 Å². The van der Waals surface area contributed by atoms with Crippen molar-refractivity contribution in [1.82, 2.24) is 0 Å². The number of rotatable bonds is 7. The largest absolute Gasteiger partial charge is 0.384 e. The van der Waals surface area contributed by atoms with E-state index in [0.717, 1.165) is 24.9 Å². The second kappa shape index (κ2) is 9.70. The van der Waals surface area contributed by atoms with E-state index in [1.165, 1.54) is 95.4 Å². The maximum Gasteiger partial charge on any atom is 0.0427 e. The van der Waals surface area contributed by atoms with Crippen molar-refractivity contribution >= 4 is 32.9 Å². The summed E-state index contributed by atoms with van der Waals surface area (Å²) in [6, 6.07) is 27.0. The number of nitrogens with one attached hydrogen (secondary N) is 2. The Balaban J connectivity index is 1.50. The van der Waals surface area contributed by atoms with Crippen LogP contribution in [0.2, 0.25) is 0 Å². The molecule has 2 fully saturated rings. The third kappa shape index (κ3) is 4.27. The van der Waals surface area contributed by atoms with Crippen molar-refractivity contribution < 1.29 is 0 Å². The van der Waals surface area contributed by atoms with E-state index in [-0.39, 0.29) is 0 Å². The van der Waals surface area contributed by atoms with Crippen molar-refractivity contribution in [2.75, 3.05) is 23.7 Å². The van der Waals surface area contributed by atoms with Gasteiger partial charge in [0, 0.05) is 35.6 Å². The van der Waals surface area contributed by atoms with E-state index in [4.69, 9.17) is 0 Å². The van der Waals surface area contributed by atoms with Gasteiger partial charge in [0.1, 0.15) is 0 Å². The van der Waals surface area contributed by atoms with Gasteiger partial charge in [-0.15, -0.1) is 0 Å². The van der Waals surface area contributed by atoms with Crippen LogP contribution in [-0.2, 0) is 0 Å². The Kier molecular flexibility index (Phi) is 6.14. The highest BCUT2D eigenvalue weighted by Crippen LogP contribution is 2.44. The molecule has 0 aliphatic heterocycles. The number of hydrogen-bond donors (Lipinski definition) is 2. The summed E-state index contributed by atoms with van der Waals surface area (Å²) >= 11 is 0. The predicted molar refractivity (Wildman–Crippen MR) is 148 cm³/mol. The average molecular weight is 449 g/mol. The molecule has 0 aromatic heterocycles. The van der Waals surface area contributed by atoms with E-state index < -0.39 is 0 Å². The van der Waals surface area contributed by atoms with Gasteiger partial charge in [0.2, 0.25) is 0 Å². The van der Waals surface area contributed by atoms with Crippen molar-refractivity contribution in [3.8, 4) is 11.1 Å². The molecule has 6 rings (SSSR count). The number of anilines is 2. The molecule has 34 heavy (non-hydrogen) atoms. The lowest BCUT2D eigenvalue weighted by atomic mass is 9.90. The van der Waals surface area contributed by atoms with E-state index >= 15 is 0 Å². The molecule has 2 aliphatic carbocycles. The zero-order valence-electron chi connectivity index (χ0n) is 20.2. The van der Waals surface area contributed by atoms with Gasteiger partial charge in [0.25, 0.3) is 0 Å². The van der Waals surface area contributed by atoms with Gasteiger partial charge in [-0.1, -0.05) is 86.3 Å². The lowest BCUT2D eigenvalue weighted by molar-refractivity contribution is 0.579. The van der Waals surface area contributed by atoms with Crippen LogP contribution in [0.4, 0.5) is 11.4 Å². The molecule has 2 N–H and O–H groups in total. The lowest BCUT2D eigenvalue weighted by Gasteiger charge is -2.22. The normalized spacial score (nSPS) is 17.1. The molecular weight excluding hydrogens is 412 g/mol. The highest BCUT2D eigenvalue weighted by molar-refractivity contribution is 6.13. The van der Waals surface area contributed by atoms with Crippen LogP contribution in [0, 0.1) is 11.8 Å². The molecule has 0 amide bonds. The minimum atomic E-state index is 0.798. The summed E-state index contributed by atoms with van der Waals surface area (Å²) in [6.45, 7) is 2.14. The minimum absolute atomic E-state index is 0.798. The topological polar surface area (TPSA) is 24.1 Å². The highest BCUT2D eigenvalue weighted by Gasteiger charge is 2.21. The minimum Gasteiger partial charge on any atom is -0.384 e. The van der Waals surface area contributed by atoms with Crippen LogP contribution in [-0.4, -0.2) is 13.1 Å². The molecule has 0 spiro atoms. The highest BCUT2D eigenvalue weighted by atomic mass is 14.9. The first-order chi connectivity index (χ1) is 16.9. The summed E-state index contributed by atoms with van der Waals surface area (Å²) in [7, 11) is 0. The summed E-state index contributed by atoms with van der Waals surface area (Å²) in [5.74, 6) is 1.60. The number of benzene rings is 4. The fraction of sp³-hybridized carbons (Fsp3) is 0.375. The van der Waals surface area contributed by atoms with Crippen molar-refractivity contribution in [3.05, 3.63) is 72.8 Å². The molecule has 0 atom stereocenters. The monoisotopic (exact) mass is 448 g/mol. The Hall–Kier alpha value is -3.00. The van der Waals surface area contributed by atoms with Crippen LogP contribution in [0.5, 0.6) is 0 Å². The molecule has 0 radical (unpaired) electrons. The standard InChI is InChI=1S/C32H36N2/c1-2-10-23(9-1)21-33-29-19-17-25-13-5-7-15-27(25)31(29)32-28-16-8-6-14-26(28)18-20-30(32)34-22-24-11-3-4-12-24/h5-8,13-20,23-24,33-34H,1-4,9-12,21-22H2.